The van der Waals surface area contributed by atoms with E-state index in [-0.39, 0.29) is 5.78 Å². The Hall–Kier alpha value is -3.39. The summed E-state index contributed by atoms with van der Waals surface area (Å²) < 4.78 is 10.6. The Bertz CT molecular complexity index is 1030. The summed E-state index contributed by atoms with van der Waals surface area (Å²) >= 11 is 0. The van der Waals surface area contributed by atoms with Gasteiger partial charge < -0.3 is 14.4 Å². The minimum atomic E-state index is -0.535. The molecule has 2 aliphatic heterocycles. The van der Waals surface area contributed by atoms with Crippen LogP contribution in [0.3, 0.4) is 0 Å². The van der Waals surface area contributed by atoms with Crippen LogP contribution in [0.2, 0.25) is 0 Å². The zero-order chi connectivity index (χ0) is 22.1. The van der Waals surface area contributed by atoms with E-state index in [4.69, 9.17) is 9.47 Å². The predicted octanol–water partition coefficient (Wildman–Crippen LogP) is 2.22. The molecule has 162 valence electrons. The minimum Gasteiger partial charge on any atom is -0.493 e. The SMILES string of the molecule is COc1cc2c(cc1OC)N(CN1CCN(c3ccc(C(C)=O)cc3)CC1)C(=O)C2=O. The lowest BCUT2D eigenvalue weighted by molar-refractivity contribution is -0.114. The van der Waals surface area contributed by atoms with Gasteiger partial charge in [0, 0.05) is 43.5 Å². The molecule has 0 radical (unpaired) electrons. The van der Waals surface area contributed by atoms with Crippen molar-refractivity contribution in [2.24, 2.45) is 0 Å². The highest BCUT2D eigenvalue weighted by Crippen LogP contribution is 2.39. The normalized spacial score (nSPS) is 16.5. The smallest absolute Gasteiger partial charge is 0.300 e. The van der Waals surface area contributed by atoms with Crippen molar-refractivity contribution in [1.29, 1.82) is 0 Å². The van der Waals surface area contributed by atoms with E-state index >= 15 is 0 Å². The molecule has 1 amide bonds. The van der Waals surface area contributed by atoms with Crippen molar-refractivity contribution in [1.82, 2.24) is 4.90 Å². The number of ketones is 2. The summed E-state index contributed by atoms with van der Waals surface area (Å²) in [4.78, 5) is 42.5. The second-order valence-corrected chi connectivity index (χ2v) is 7.64. The first-order valence-corrected chi connectivity index (χ1v) is 10.1. The van der Waals surface area contributed by atoms with Gasteiger partial charge in [-0.3, -0.25) is 24.2 Å². The molecule has 0 aliphatic carbocycles. The van der Waals surface area contributed by atoms with Crippen LogP contribution in [0.5, 0.6) is 11.5 Å². The zero-order valence-corrected chi connectivity index (χ0v) is 17.9. The van der Waals surface area contributed by atoms with Crippen molar-refractivity contribution in [2.45, 2.75) is 6.92 Å². The van der Waals surface area contributed by atoms with E-state index in [0.717, 1.165) is 31.9 Å². The number of hydrogen-bond acceptors (Lipinski definition) is 7. The van der Waals surface area contributed by atoms with Crippen molar-refractivity contribution in [3.05, 3.63) is 47.5 Å². The molecular formula is C23H25N3O5. The molecular weight excluding hydrogens is 398 g/mol. The first-order chi connectivity index (χ1) is 14.9. The maximum atomic E-state index is 12.6. The summed E-state index contributed by atoms with van der Waals surface area (Å²) in [5.41, 5.74) is 2.66. The van der Waals surface area contributed by atoms with Gasteiger partial charge in [-0.2, -0.15) is 0 Å². The fraction of sp³-hybridized carbons (Fsp3) is 0.348. The van der Waals surface area contributed by atoms with Crippen LogP contribution in [0.1, 0.15) is 27.6 Å². The van der Waals surface area contributed by atoms with Crippen molar-refractivity contribution in [2.75, 3.05) is 56.9 Å². The van der Waals surface area contributed by atoms with Crippen molar-refractivity contribution < 1.29 is 23.9 Å². The van der Waals surface area contributed by atoms with Gasteiger partial charge in [0.15, 0.2) is 17.3 Å². The van der Waals surface area contributed by atoms with E-state index in [1.807, 2.05) is 24.3 Å². The minimum absolute atomic E-state index is 0.0516. The second-order valence-electron chi connectivity index (χ2n) is 7.64. The van der Waals surface area contributed by atoms with E-state index in [1.54, 1.807) is 19.1 Å². The van der Waals surface area contributed by atoms with E-state index in [0.29, 0.717) is 35.0 Å². The molecule has 1 saturated heterocycles. The summed E-state index contributed by atoms with van der Waals surface area (Å²) in [6, 6.07) is 10.9. The number of fused-ring (bicyclic) bond motifs is 1. The maximum absolute atomic E-state index is 12.6. The molecule has 4 rings (SSSR count). The summed E-state index contributed by atoms with van der Waals surface area (Å²) in [5, 5.41) is 0. The maximum Gasteiger partial charge on any atom is 0.300 e. The number of benzene rings is 2. The van der Waals surface area contributed by atoms with E-state index < -0.39 is 11.7 Å². The van der Waals surface area contributed by atoms with Crippen LogP contribution in [0.4, 0.5) is 11.4 Å². The molecule has 0 N–H and O–H groups in total. The van der Waals surface area contributed by atoms with Gasteiger partial charge in [-0.1, -0.05) is 0 Å². The molecule has 0 spiro atoms. The number of ether oxygens (including phenoxy) is 2. The molecule has 1 fully saturated rings. The third kappa shape index (κ3) is 3.86. The molecule has 0 unspecified atom stereocenters. The quantitative estimate of drug-likeness (QED) is 0.521. The average molecular weight is 423 g/mol. The van der Waals surface area contributed by atoms with E-state index in [2.05, 4.69) is 9.80 Å². The Labute approximate surface area is 180 Å². The average Bonchev–Trinajstić information content (AvgIpc) is 3.02. The number of Topliss-reactive ketones (excluding diaryl/α,β-unsaturated/α-hetero) is 2. The third-order valence-electron chi connectivity index (χ3n) is 5.83. The molecule has 0 saturated carbocycles. The summed E-state index contributed by atoms with van der Waals surface area (Å²) in [6.07, 6.45) is 0. The van der Waals surface area contributed by atoms with Crippen LogP contribution in [-0.2, 0) is 4.79 Å². The number of rotatable bonds is 6. The molecule has 2 aromatic rings. The Kier molecular flexibility index (Phi) is 5.65. The first-order valence-electron chi connectivity index (χ1n) is 10.1. The fourth-order valence-electron chi connectivity index (χ4n) is 4.02. The number of anilines is 2. The second kappa shape index (κ2) is 8.39. The van der Waals surface area contributed by atoms with Crippen molar-refractivity contribution in [3.63, 3.8) is 0 Å². The molecule has 0 atom stereocenters. The van der Waals surface area contributed by atoms with Crippen molar-refractivity contribution in [3.8, 4) is 11.5 Å². The topological polar surface area (TPSA) is 79.4 Å². The van der Waals surface area contributed by atoms with Crippen molar-refractivity contribution >= 4 is 28.8 Å². The van der Waals surface area contributed by atoms with Gasteiger partial charge in [-0.15, -0.1) is 0 Å². The van der Waals surface area contributed by atoms with Gasteiger partial charge >= 0.3 is 5.91 Å². The Morgan fingerprint density at radius 2 is 1.55 bits per heavy atom. The molecule has 2 heterocycles. The first kappa shape index (κ1) is 20.9. The molecule has 0 aromatic heterocycles. The summed E-state index contributed by atoms with van der Waals surface area (Å²) in [7, 11) is 3.02. The molecule has 8 nitrogen and oxygen atoms in total. The summed E-state index contributed by atoms with van der Waals surface area (Å²) in [5.74, 6) is -0.107. The van der Waals surface area contributed by atoms with Gasteiger partial charge in [0.05, 0.1) is 32.1 Å². The monoisotopic (exact) mass is 423 g/mol. The number of piperazine rings is 1. The lowest BCUT2D eigenvalue weighted by Gasteiger charge is -2.37. The van der Waals surface area contributed by atoms with Gasteiger partial charge in [0.25, 0.3) is 5.78 Å². The van der Waals surface area contributed by atoms with Crippen LogP contribution in [0, 0.1) is 0 Å². The lowest BCUT2D eigenvalue weighted by atomic mass is 10.1. The van der Waals surface area contributed by atoms with E-state index in [9.17, 15) is 14.4 Å². The molecule has 2 aromatic carbocycles. The highest BCUT2D eigenvalue weighted by molar-refractivity contribution is 6.52. The zero-order valence-electron chi connectivity index (χ0n) is 17.9. The Balaban J connectivity index is 1.45. The predicted molar refractivity (Wildman–Crippen MR) is 116 cm³/mol. The number of carbonyl (C=O) groups is 3. The number of methoxy groups -OCH3 is 2. The van der Waals surface area contributed by atoms with Crippen LogP contribution in [0.15, 0.2) is 36.4 Å². The standard InChI is InChI=1S/C23H25N3O5/c1-15(27)16-4-6-17(7-5-16)25-10-8-24(9-11-25)14-26-19-13-21(31-3)20(30-2)12-18(19)22(28)23(26)29/h4-7,12-13H,8-11,14H2,1-3H3. The largest absolute Gasteiger partial charge is 0.493 e. The van der Waals surface area contributed by atoms with Crippen LogP contribution in [-0.4, -0.2) is 69.4 Å². The van der Waals surface area contributed by atoms with Gasteiger partial charge in [0.2, 0.25) is 0 Å². The number of carbonyl (C=O) groups excluding carboxylic acids is 3. The number of hydrogen-bond donors (Lipinski definition) is 0. The Morgan fingerprint density at radius 1 is 0.935 bits per heavy atom. The van der Waals surface area contributed by atoms with Crippen LogP contribution in [0.25, 0.3) is 0 Å². The lowest BCUT2D eigenvalue weighted by Crippen LogP contribution is -2.51. The number of amides is 1. The van der Waals surface area contributed by atoms with Crippen LogP contribution >= 0.6 is 0 Å². The highest BCUT2D eigenvalue weighted by Gasteiger charge is 2.38. The number of nitrogens with zero attached hydrogens (tertiary/aromatic N) is 3. The Morgan fingerprint density at radius 3 is 2.13 bits per heavy atom. The molecule has 2 aliphatic rings. The van der Waals surface area contributed by atoms with Gasteiger partial charge in [-0.05, 0) is 37.3 Å². The molecule has 31 heavy (non-hydrogen) atoms. The summed E-state index contributed by atoms with van der Waals surface area (Å²) in [6.45, 7) is 4.96. The molecule has 0 bridgehead atoms. The van der Waals surface area contributed by atoms with Gasteiger partial charge in [-0.25, -0.2) is 0 Å². The fourth-order valence-corrected chi connectivity index (χ4v) is 4.02. The third-order valence-corrected chi connectivity index (χ3v) is 5.83. The molecule has 8 heteroatoms. The van der Waals surface area contributed by atoms with E-state index in [1.165, 1.54) is 19.1 Å². The highest BCUT2D eigenvalue weighted by atomic mass is 16.5. The van der Waals surface area contributed by atoms with Crippen LogP contribution < -0.4 is 19.3 Å². The van der Waals surface area contributed by atoms with Gasteiger partial charge in [0.1, 0.15) is 0 Å².